The first-order valence-corrected chi connectivity index (χ1v) is 4.79. The first-order chi connectivity index (χ1) is 4.79. The van der Waals surface area contributed by atoms with Gasteiger partial charge in [-0.2, -0.15) is 0 Å². The minimum Gasteiger partial charge on any atom is -0.0776 e. The van der Waals surface area contributed by atoms with Crippen LogP contribution >= 0.6 is 0 Å². The molecular formula is C11H26. The summed E-state index contributed by atoms with van der Waals surface area (Å²) in [6.07, 6.45) is 5.99. The Morgan fingerprint density at radius 2 is 1.64 bits per heavy atom. The summed E-state index contributed by atoms with van der Waals surface area (Å²) in [5, 5.41) is 0. The molecule has 0 radical (unpaired) electrons. The third kappa shape index (κ3) is 6.40. The van der Waals surface area contributed by atoms with Crippen molar-refractivity contribution in [1.29, 1.82) is 0 Å². The van der Waals surface area contributed by atoms with Gasteiger partial charge in [0.25, 0.3) is 0 Å². The van der Waals surface area contributed by atoms with Gasteiger partial charge in [0, 0.05) is 0 Å². The molecule has 0 amide bonds. The van der Waals surface area contributed by atoms with E-state index in [-0.39, 0.29) is 7.43 Å². The highest BCUT2D eigenvalue weighted by Gasteiger charge is 2.17. The first-order valence-electron chi connectivity index (χ1n) is 4.79. The topological polar surface area (TPSA) is 0 Å². The average molecular weight is 158 g/mol. The second kappa shape index (κ2) is 8.10. The Labute approximate surface area is 73.4 Å². The average Bonchev–Trinajstić information content (AvgIpc) is 1.84. The summed E-state index contributed by atoms with van der Waals surface area (Å²) in [7, 11) is 0. The van der Waals surface area contributed by atoms with Gasteiger partial charge < -0.3 is 0 Å². The van der Waals surface area contributed by atoms with Crippen LogP contribution in [-0.2, 0) is 0 Å². The maximum absolute atomic E-state index is 2.32. The van der Waals surface area contributed by atoms with Crippen LogP contribution in [0.2, 0.25) is 0 Å². The van der Waals surface area contributed by atoms with Gasteiger partial charge in [-0.15, -0.1) is 0 Å². The van der Waals surface area contributed by atoms with Crippen LogP contribution in [0.1, 0.15) is 60.8 Å². The van der Waals surface area contributed by atoms with Crippen molar-refractivity contribution < 1.29 is 0 Å². The van der Waals surface area contributed by atoms with Gasteiger partial charge in [0.2, 0.25) is 0 Å². The maximum Gasteiger partial charge on any atom is -0.0412 e. The molecule has 0 unspecified atom stereocenters. The smallest absolute Gasteiger partial charge is 0.0412 e. The molecule has 1 aliphatic rings. The van der Waals surface area contributed by atoms with Crippen LogP contribution in [0.3, 0.4) is 0 Å². The summed E-state index contributed by atoms with van der Waals surface area (Å²) < 4.78 is 0. The molecule has 1 rings (SSSR count). The van der Waals surface area contributed by atoms with Crippen LogP contribution in [0.15, 0.2) is 0 Å². The highest BCUT2D eigenvalue weighted by Crippen LogP contribution is 2.31. The predicted octanol–water partition coefficient (Wildman–Crippen LogP) is 4.49. The lowest BCUT2D eigenvalue weighted by Gasteiger charge is -2.26. The normalized spacial score (nSPS) is 16.1. The molecule has 0 spiro atoms. The van der Waals surface area contributed by atoms with Crippen LogP contribution in [0, 0.1) is 11.8 Å². The Balaban J connectivity index is 0. The lowest BCUT2D eigenvalue weighted by Crippen LogP contribution is -2.12. The van der Waals surface area contributed by atoms with Gasteiger partial charge in [0.1, 0.15) is 0 Å². The van der Waals surface area contributed by atoms with Gasteiger partial charge in [0.15, 0.2) is 0 Å². The van der Waals surface area contributed by atoms with Crippen molar-refractivity contribution in [3.8, 4) is 0 Å². The van der Waals surface area contributed by atoms with Crippen molar-refractivity contribution in [2.75, 3.05) is 0 Å². The zero-order valence-corrected chi connectivity index (χ0v) is 7.98. The van der Waals surface area contributed by atoms with E-state index < -0.39 is 0 Å². The highest BCUT2D eigenvalue weighted by atomic mass is 14.2. The van der Waals surface area contributed by atoms with Crippen LogP contribution in [0.4, 0.5) is 0 Å². The molecule has 1 fully saturated rings. The van der Waals surface area contributed by atoms with E-state index in [9.17, 15) is 0 Å². The molecule has 11 heavy (non-hydrogen) atoms. The number of hydrogen-bond donors (Lipinski definition) is 0. The minimum absolute atomic E-state index is 0. The van der Waals surface area contributed by atoms with Crippen LogP contribution in [0.5, 0.6) is 0 Å². The number of rotatable bonds is 2. The third-order valence-electron chi connectivity index (χ3n) is 2.03. The molecule has 0 heterocycles. The zero-order valence-electron chi connectivity index (χ0n) is 7.98. The second-order valence-corrected chi connectivity index (χ2v) is 3.43. The fraction of sp³-hybridized carbons (Fsp3) is 1.00. The Kier molecular flexibility index (Phi) is 10.0. The Hall–Kier alpha value is 0. The molecule has 70 valence electrons. The molecule has 0 aliphatic heterocycles. The van der Waals surface area contributed by atoms with Crippen molar-refractivity contribution >= 4 is 0 Å². The van der Waals surface area contributed by atoms with E-state index in [2.05, 4.69) is 13.8 Å². The maximum atomic E-state index is 2.32. The fourth-order valence-electron chi connectivity index (χ4n) is 1.40. The van der Waals surface area contributed by atoms with Crippen molar-refractivity contribution in [2.24, 2.45) is 11.8 Å². The summed E-state index contributed by atoms with van der Waals surface area (Å²) in [5.41, 5.74) is 0. The van der Waals surface area contributed by atoms with Crippen molar-refractivity contribution in [3.05, 3.63) is 0 Å². The Morgan fingerprint density at radius 1 is 1.18 bits per heavy atom. The Bertz CT molecular complexity index is 60.4. The van der Waals surface area contributed by atoms with E-state index in [1.807, 2.05) is 13.8 Å². The summed E-state index contributed by atoms with van der Waals surface area (Å²) in [5.74, 6) is 2.04. The molecule has 1 saturated carbocycles. The van der Waals surface area contributed by atoms with E-state index in [4.69, 9.17) is 0 Å². The molecule has 0 N–H and O–H groups in total. The standard InChI is InChI=1S/C8H16.C2H6.CH4/c1-7(2)6-8-4-3-5-8;1-2;/h7-8H,3-6H2,1-2H3;1-2H3;1H4. The first kappa shape index (κ1) is 13.6. The van der Waals surface area contributed by atoms with E-state index in [1.54, 1.807) is 0 Å². The quantitative estimate of drug-likeness (QED) is 0.555. The van der Waals surface area contributed by atoms with E-state index >= 15 is 0 Å². The van der Waals surface area contributed by atoms with E-state index in [0.717, 1.165) is 11.8 Å². The van der Waals surface area contributed by atoms with Gasteiger partial charge in [-0.05, 0) is 18.3 Å². The van der Waals surface area contributed by atoms with Gasteiger partial charge in [0.05, 0.1) is 0 Å². The molecular weight excluding hydrogens is 132 g/mol. The predicted molar refractivity (Wildman–Crippen MR) is 54.9 cm³/mol. The van der Waals surface area contributed by atoms with Gasteiger partial charge >= 0.3 is 0 Å². The molecule has 0 nitrogen and oxygen atoms in total. The monoisotopic (exact) mass is 158 g/mol. The van der Waals surface area contributed by atoms with Crippen LogP contribution in [-0.4, -0.2) is 0 Å². The molecule has 0 heteroatoms. The molecule has 0 aromatic rings. The van der Waals surface area contributed by atoms with Crippen molar-refractivity contribution in [3.63, 3.8) is 0 Å². The molecule has 0 bridgehead atoms. The molecule has 0 saturated heterocycles. The molecule has 1 aliphatic carbocycles. The molecule has 0 aromatic carbocycles. The highest BCUT2D eigenvalue weighted by molar-refractivity contribution is 4.70. The summed E-state index contributed by atoms with van der Waals surface area (Å²) in [4.78, 5) is 0. The van der Waals surface area contributed by atoms with Crippen LogP contribution < -0.4 is 0 Å². The van der Waals surface area contributed by atoms with Crippen molar-refractivity contribution in [1.82, 2.24) is 0 Å². The zero-order chi connectivity index (χ0) is 7.98. The lowest BCUT2D eigenvalue weighted by atomic mass is 9.80. The summed E-state index contributed by atoms with van der Waals surface area (Å²) in [6, 6.07) is 0. The third-order valence-corrected chi connectivity index (χ3v) is 2.03. The van der Waals surface area contributed by atoms with Gasteiger partial charge in [-0.25, -0.2) is 0 Å². The fourth-order valence-corrected chi connectivity index (χ4v) is 1.40. The SMILES string of the molecule is C.CC.CC(C)CC1CCC1. The Morgan fingerprint density at radius 3 is 1.73 bits per heavy atom. The van der Waals surface area contributed by atoms with Gasteiger partial charge in [-0.1, -0.05) is 54.4 Å². The molecule has 0 atom stereocenters. The van der Waals surface area contributed by atoms with E-state index in [0.29, 0.717) is 0 Å². The van der Waals surface area contributed by atoms with Gasteiger partial charge in [-0.3, -0.25) is 0 Å². The second-order valence-electron chi connectivity index (χ2n) is 3.43. The summed E-state index contributed by atoms with van der Waals surface area (Å²) >= 11 is 0. The largest absolute Gasteiger partial charge is 0.0776 e. The van der Waals surface area contributed by atoms with E-state index in [1.165, 1.54) is 25.7 Å². The minimum atomic E-state index is 0. The number of hydrogen-bond acceptors (Lipinski definition) is 0. The molecule has 0 aromatic heterocycles. The lowest BCUT2D eigenvalue weighted by molar-refractivity contribution is 0.264. The van der Waals surface area contributed by atoms with Crippen LogP contribution in [0.25, 0.3) is 0 Å². The summed E-state index contributed by atoms with van der Waals surface area (Å²) in [6.45, 7) is 8.64. The van der Waals surface area contributed by atoms with Crippen molar-refractivity contribution in [2.45, 2.75) is 60.8 Å².